The van der Waals surface area contributed by atoms with E-state index in [1.54, 1.807) is 12.1 Å². The van der Waals surface area contributed by atoms with E-state index in [1.165, 1.54) is 5.56 Å². The fourth-order valence-electron chi connectivity index (χ4n) is 3.04. The second-order valence-corrected chi connectivity index (χ2v) is 6.73. The summed E-state index contributed by atoms with van der Waals surface area (Å²) in [6, 6.07) is 21.4. The van der Waals surface area contributed by atoms with Gasteiger partial charge in [-0.2, -0.15) is 0 Å². The summed E-state index contributed by atoms with van der Waals surface area (Å²) in [4.78, 5) is 14.7. The van der Waals surface area contributed by atoms with Crippen LogP contribution in [0.5, 0.6) is 5.75 Å². The first-order chi connectivity index (χ1) is 12.5. The fourth-order valence-corrected chi connectivity index (χ4v) is 3.04. The predicted molar refractivity (Wildman–Crippen MR) is 106 cm³/mol. The average Bonchev–Trinajstić information content (AvgIpc) is 2.65. The minimum Gasteiger partial charge on any atom is -0.507 e. The highest BCUT2D eigenvalue weighted by molar-refractivity contribution is 6.01. The molecule has 0 bridgehead atoms. The fraction of sp³-hybridized carbons (Fsp3) is 0.227. The van der Waals surface area contributed by atoms with Crippen LogP contribution in [0.4, 0.5) is 0 Å². The molecule has 4 heteroatoms. The van der Waals surface area contributed by atoms with Crippen LogP contribution in [0.3, 0.4) is 0 Å². The Balaban J connectivity index is 1.71. The molecule has 0 fully saturated rings. The molecule has 0 radical (unpaired) electrons. The summed E-state index contributed by atoms with van der Waals surface area (Å²) in [5.74, 6) is -0.251. The zero-order valence-electron chi connectivity index (χ0n) is 15.1. The smallest absolute Gasteiger partial charge is 0.255 e. The Morgan fingerprint density at radius 1 is 1.00 bits per heavy atom. The number of phenols is 1. The van der Waals surface area contributed by atoms with Crippen molar-refractivity contribution < 1.29 is 9.90 Å². The number of carbonyl (C=O) groups excluding carboxylic acids is 1. The van der Waals surface area contributed by atoms with Crippen molar-refractivity contribution in [2.45, 2.75) is 12.5 Å². The van der Waals surface area contributed by atoms with Gasteiger partial charge in [-0.25, -0.2) is 0 Å². The lowest BCUT2D eigenvalue weighted by Gasteiger charge is -2.25. The normalized spacial score (nSPS) is 12.3. The molecule has 0 aliphatic carbocycles. The number of nitrogens with zero attached hydrogens (tertiary/aromatic N) is 1. The molecule has 0 spiro atoms. The minimum atomic E-state index is -0.256. The number of hydrogen-bond acceptors (Lipinski definition) is 3. The molecule has 3 aromatic carbocycles. The number of carbonyl (C=O) groups is 1. The maximum Gasteiger partial charge on any atom is 0.255 e. The van der Waals surface area contributed by atoms with Gasteiger partial charge in [0.25, 0.3) is 5.91 Å². The molecule has 3 rings (SSSR count). The molecule has 2 N–H and O–H groups in total. The molecule has 0 aliphatic heterocycles. The van der Waals surface area contributed by atoms with E-state index in [1.807, 2.05) is 56.6 Å². The van der Waals surface area contributed by atoms with Crippen LogP contribution in [-0.2, 0) is 6.42 Å². The van der Waals surface area contributed by atoms with Crippen molar-refractivity contribution in [2.75, 3.05) is 20.6 Å². The number of fused-ring (bicyclic) bond motifs is 1. The van der Waals surface area contributed by atoms with Gasteiger partial charge in [0.2, 0.25) is 0 Å². The van der Waals surface area contributed by atoms with E-state index in [-0.39, 0.29) is 17.7 Å². The number of likely N-dealkylation sites (N-methyl/N-ethyl adjacent to an activating group) is 1. The van der Waals surface area contributed by atoms with Crippen LogP contribution >= 0.6 is 0 Å². The average molecular weight is 348 g/mol. The van der Waals surface area contributed by atoms with Crippen molar-refractivity contribution in [3.8, 4) is 5.75 Å². The van der Waals surface area contributed by atoms with Gasteiger partial charge in [0.1, 0.15) is 5.75 Å². The van der Waals surface area contributed by atoms with Gasteiger partial charge in [-0.1, -0.05) is 54.6 Å². The van der Waals surface area contributed by atoms with E-state index in [0.29, 0.717) is 12.1 Å². The summed E-state index contributed by atoms with van der Waals surface area (Å²) in [6.07, 6.45) is 0.845. The van der Waals surface area contributed by atoms with E-state index in [2.05, 4.69) is 22.3 Å². The molecule has 0 aliphatic rings. The highest BCUT2D eigenvalue weighted by Gasteiger charge is 2.17. The Morgan fingerprint density at radius 2 is 1.62 bits per heavy atom. The van der Waals surface area contributed by atoms with Crippen molar-refractivity contribution >= 4 is 16.7 Å². The zero-order chi connectivity index (χ0) is 18.5. The van der Waals surface area contributed by atoms with Crippen molar-refractivity contribution in [3.63, 3.8) is 0 Å². The molecule has 0 aromatic heterocycles. The first-order valence-electron chi connectivity index (χ1n) is 8.75. The Labute approximate surface area is 154 Å². The Hall–Kier alpha value is -2.85. The maximum absolute atomic E-state index is 12.6. The van der Waals surface area contributed by atoms with Crippen LogP contribution in [0.1, 0.15) is 15.9 Å². The first-order valence-corrected chi connectivity index (χ1v) is 8.75. The lowest BCUT2D eigenvalue weighted by molar-refractivity contribution is 0.0939. The van der Waals surface area contributed by atoms with Gasteiger partial charge >= 0.3 is 0 Å². The van der Waals surface area contributed by atoms with Crippen molar-refractivity contribution in [1.29, 1.82) is 0 Å². The SMILES string of the molecule is CN(C)[C@@H](CNC(=O)c1cc2ccccc2cc1O)Cc1ccccc1. The molecule has 26 heavy (non-hydrogen) atoms. The highest BCUT2D eigenvalue weighted by Crippen LogP contribution is 2.24. The third-order valence-corrected chi connectivity index (χ3v) is 4.65. The topological polar surface area (TPSA) is 52.6 Å². The third-order valence-electron chi connectivity index (χ3n) is 4.65. The number of nitrogens with one attached hydrogen (secondary N) is 1. The second kappa shape index (κ2) is 8.02. The van der Waals surface area contributed by atoms with Crippen LogP contribution < -0.4 is 5.32 Å². The highest BCUT2D eigenvalue weighted by atomic mass is 16.3. The van der Waals surface area contributed by atoms with Crippen LogP contribution in [0.25, 0.3) is 10.8 Å². The number of rotatable bonds is 6. The van der Waals surface area contributed by atoms with Crippen molar-refractivity contribution in [2.24, 2.45) is 0 Å². The Morgan fingerprint density at radius 3 is 2.27 bits per heavy atom. The molecule has 134 valence electrons. The first kappa shape index (κ1) is 18.0. The number of hydrogen-bond donors (Lipinski definition) is 2. The van der Waals surface area contributed by atoms with E-state index in [9.17, 15) is 9.90 Å². The van der Waals surface area contributed by atoms with E-state index >= 15 is 0 Å². The summed E-state index contributed by atoms with van der Waals surface area (Å²) >= 11 is 0. The third kappa shape index (κ3) is 4.21. The largest absolute Gasteiger partial charge is 0.507 e. The van der Waals surface area contributed by atoms with Gasteiger partial charge in [0.15, 0.2) is 0 Å². The Bertz CT molecular complexity index is 891. The predicted octanol–water partition coefficient (Wildman–Crippen LogP) is 3.45. The quantitative estimate of drug-likeness (QED) is 0.717. The van der Waals surface area contributed by atoms with Gasteiger partial charge in [-0.05, 0) is 49.0 Å². The molecule has 0 heterocycles. The number of aromatic hydroxyl groups is 1. The van der Waals surface area contributed by atoms with Crippen molar-refractivity contribution in [1.82, 2.24) is 10.2 Å². The van der Waals surface area contributed by atoms with Gasteiger partial charge in [-0.15, -0.1) is 0 Å². The van der Waals surface area contributed by atoms with Crippen LogP contribution in [0, 0.1) is 0 Å². The number of phenolic OH excluding ortho intramolecular Hbond substituents is 1. The molecule has 1 amide bonds. The van der Waals surface area contributed by atoms with E-state index in [0.717, 1.165) is 17.2 Å². The summed E-state index contributed by atoms with van der Waals surface area (Å²) in [6.45, 7) is 0.507. The molecular formula is C22H24N2O2. The van der Waals surface area contributed by atoms with Gasteiger partial charge in [0, 0.05) is 12.6 Å². The Kier molecular flexibility index (Phi) is 5.54. The minimum absolute atomic E-state index is 0.00524. The van der Waals surface area contributed by atoms with Crippen molar-refractivity contribution in [3.05, 3.63) is 77.9 Å². The maximum atomic E-state index is 12.6. The molecule has 1 atom stereocenters. The summed E-state index contributed by atoms with van der Waals surface area (Å²) in [5.41, 5.74) is 1.54. The van der Waals surface area contributed by atoms with E-state index in [4.69, 9.17) is 0 Å². The standard InChI is InChI=1S/C22H24N2O2/c1-24(2)19(12-16-8-4-3-5-9-16)15-23-22(26)20-13-17-10-6-7-11-18(17)14-21(20)25/h3-11,13-14,19,25H,12,15H2,1-2H3,(H,23,26)/t19-/m1/s1. The molecule has 0 saturated heterocycles. The lowest BCUT2D eigenvalue weighted by atomic mass is 10.0. The molecule has 3 aromatic rings. The summed E-state index contributed by atoms with van der Waals surface area (Å²) in [7, 11) is 4.01. The number of benzene rings is 3. The van der Waals surface area contributed by atoms with Crippen LogP contribution in [-0.4, -0.2) is 42.6 Å². The molecular weight excluding hydrogens is 324 g/mol. The summed E-state index contributed by atoms with van der Waals surface area (Å²) < 4.78 is 0. The molecule has 0 unspecified atom stereocenters. The van der Waals surface area contributed by atoms with Gasteiger partial charge in [0.05, 0.1) is 5.56 Å². The second-order valence-electron chi connectivity index (χ2n) is 6.73. The zero-order valence-corrected chi connectivity index (χ0v) is 15.1. The molecule has 0 saturated carbocycles. The summed E-state index contributed by atoms with van der Waals surface area (Å²) in [5, 5.41) is 15.0. The van der Waals surface area contributed by atoms with Crippen LogP contribution in [0.2, 0.25) is 0 Å². The molecule has 4 nitrogen and oxygen atoms in total. The van der Waals surface area contributed by atoms with Crippen LogP contribution in [0.15, 0.2) is 66.7 Å². The van der Waals surface area contributed by atoms with E-state index < -0.39 is 0 Å². The van der Waals surface area contributed by atoms with Gasteiger partial charge < -0.3 is 15.3 Å². The monoisotopic (exact) mass is 348 g/mol. The lowest BCUT2D eigenvalue weighted by Crippen LogP contribution is -2.41. The van der Waals surface area contributed by atoms with Gasteiger partial charge in [-0.3, -0.25) is 4.79 Å². The number of amides is 1.